The first kappa shape index (κ1) is 17.8. The highest BCUT2D eigenvalue weighted by atomic mass is 16.1. The molecule has 0 aromatic carbocycles. The number of nitrogens with zero attached hydrogens (tertiary/aromatic N) is 5. The molecule has 144 valence electrons. The van der Waals surface area contributed by atoms with Crippen molar-refractivity contribution >= 4 is 11.6 Å². The van der Waals surface area contributed by atoms with E-state index >= 15 is 0 Å². The van der Waals surface area contributed by atoms with Crippen molar-refractivity contribution in [2.24, 2.45) is 13.0 Å². The van der Waals surface area contributed by atoms with Gasteiger partial charge >= 0.3 is 0 Å². The first-order chi connectivity index (χ1) is 13.1. The summed E-state index contributed by atoms with van der Waals surface area (Å²) in [7, 11) is 1.67. The summed E-state index contributed by atoms with van der Waals surface area (Å²) in [6, 6.07) is 3.54. The summed E-state index contributed by atoms with van der Waals surface area (Å²) < 4.78 is 3.13. The van der Waals surface area contributed by atoms with Crippen LogP contribution >= 0.6 is 0 Å². The predicted octanol–water partition coefficient (Wildman–Crippen LogP) is 1.22. The van der Waals surface area contributed by atoms with Crippen LogP contribution in [0.4, 0.5) is 11.6 Å². The summed E-state index contributed by atoms with van der Waals surface area (Å²) in [6.07, 6.45) is 9.14. The Labute approximate surface area is 157 Å². The number of rotatable bonds is 6. The van der Waals surface area contributed by atoms with Crippen LogP contribution in [0, 0.1) is 5.92 Å². The maximum absolute atomic E-state index is 12.6. The lowest BCUT2D eigenvalue weighted by atomic mass is 10.0. The number of aromatic nitrogens is 4. The van der Waals surface area contributed by atoms with E-state index in [2.05, 4.69) is 20.3 Å². The quantitative estimate of drug-likeness (QED) is 0.823. The van der Waals surface area contributed by atoms with Gasteiger partial charge in [0.05, 0.1) is 0 Å². The molecule has 8 nitrogen and oxygen atoms in total. The van der Waals surface area contributed by atoms with Crippen molar-refractivity contribution in [2.45, 2.75) is 44.7 Å². The van der Waals surface area contributed by atoms with Crippen LogP contribution in [0.2, 0.25) is 0 Å². The molecule has 0 spiro atoms. The van der Waals surface area contributed by atoms with E-state index in [9.17, 15) is 9.59 Å². The molecule has 1 unspecified atom stereocenters. The second kappa shape index (κ2) is 7.54. The van der Waals surface area contributed by atoms with Gasteiger partial charge in [-0.3, -0.25) is 9.59 Å². The van der Waals surface area contributed by atoms with E-state index in [4.69, 9.17) is 0 Å². The predicted molar refractivity (Wildman–Crippen MR) is 104 cm³/mol. The molecule has 1 aliphatic carbocycles. The van der Waals surface area contributed by atoms with Gasteiger partial charge in [0.25, 0.3) is 11.1 Å². The summed E-state index contributed by atoms with van der Waals surface area (Å²) in [5.41, 5.74) is -0.165. The Morgan fingerprint density at radius 2 is 2.04 bits per heavy atom. The van der Waals surface area contributed by atoms with E-state index in [0.717, 1.165) is 38.2 Å². The Morgan fingerprint density at radius 3 is 2.81 bits per heavy atom. The van der Waals surface area contributed by atoms with E-state index in [1.165, 1.54) is 17.5 Å². The normalized spacial score (nSPS) is 19.9. The lowest BCUT2D eigenvalue weighted by Gasteiger charge is -2.36. The van der Waals surface area contributed by atoms with Crippen LogP contribution < -0.4 is 21.3 Å². The maximum Gasteiger partial charge on any atom is 0.293 e. The first-order valence-electron chi connectivity index (χ1n) is 9.72. The maximum atomic E-state index is 12.6. The zero-order chi connectivity index (χ0) is 18.8. The molecule has 4 rings (SSSR count). The Bertz CT molecular complexity index is 917. The molecule has 1 aliphatic heterocycles. The average Bonchev–Trinajstić information content (AvgIpc) is 3.49. The van der Waals surface area contributed by atoms with Crippen molar-refractivity contribution in [3.63, 3.8) is 0 Å². The van der Waals surface area contributed by atoms with Gasteiger partial charge in [0.2, 0.25) is 0 Å². The van der Waals surface area contributed by atoms with Crippen LogP contribution in [0.25, 0.3) is 0 Å². The molecule has 1 saturated heterocycles. The number of piperidine rings is 1. The van der Waals surface area contributed by atoms with Gasteiger partial charge < -0.3 is 14.8 Å². The van der Waals surface area contributed by atoms with Crippen LogP contribution in [0.15, 0.2) is 34.1 Å². The van der Waals surface area contributed by atoms with Crippen molar-refractivity contribution in [2.75, 3.05) is 23.3 Å². The molecule has 8 heteroatoms. The highest BCUT2D eigenvalue weighted by Crippen LogP contribution is 2.30. The van der Waals surface area contributed by atoms with Gasteiger partial charge in [0, 0.05) is 51.2 Å². The Kier molecular flexibility index (Phi) is 4.96. The summed E-state index contributed by atoms with van der Waals surface area (Å²) in [6.45, 7) is 2.30. The summed E-state index contributed by atoms with van der Waals surface area (Å²) in [5.74, 6) is 1.86. The molecule has 2 fully saturated rings. The van der Waals surface area contributed by atoms with Gasteiger partial charge in [-0.15, -0.1) is 0 Å². The minimum absolute atomic E-state index is 0.0491. The van der Waals surface area contributed by atoms with Crippen molar-refractivity contribution in [3.8, 4) is 0 Å². The second-order valence-electron chi connectivity index (χ2n) is 7.55. The molecule has 2 aliphatic rings. The molecular weight excluding hydrogens is 344 g/mol. The largest absolute Gasteiger partial charge is 0.363 e. The third-order valence-corrected chi connectivity index (χ3v) is 5.44. The van der Waals surface area contributed by atoms with Crippen molar-refractivity contribution in [1.29, 1.82) is 0 Å². The minimum Gasteiger partial charge on any atom is -0.363 e. The number of aryl methyl sites for hydroxylation is 1. The van der Waals surface area contributed by atoms with Crippen LogP contribution in [0.1, 0.15) is 32.1 Å². The molecule has 3 heterocycles. The molecule has 2 aromatic heterocycles. The van der Waals surface area contributed by atoms with Crippen LogP contribution in [-0.2, 0) is 13.6 Å². The smallest absolute Gasteiger partial charge is 0.293 e. The topological polar surface area (TPSA) is 85.1 Å². The van der Waals surface area contributed by atoms with E-state index in [1.54, 1.807) is 36.1 Å². The molecule has 2 aromatic rings. The van der Waals surface area contributed by atoms with Gasteiger partial charge in [-0.05, 0) is 44.1 Å². The van der Waals surface area contributed by atoms with E-state index < -0.39 is 0 Å². The monoisotopic (exact) mass is 370 g/mol. The highest BCUT2D eigenvalue weighted by molar-refractivity contribution is 5.40. The molecule has 0 amide bonds. The summed E-state index contributed by atoms with van der Waals surface area (Å²) in [5, 5.41) is 7.65. The van der Waals surface area contributed by atoms with E-state index in [-0.39, 0.29) is 17.2 Å². The van der Waals surface area contributed by atoms with Crippen LogP contribution in [0.5, 0.6) is 0 Å². The number of hydrogen-bond donors (Lipinski definition) is 1. The fourth-order valence-corrected chi connectivity index (χ4v) is 3.66. The van der Waals surface area contributed by atoms with Crippen LogP contribution in [0.3, 0.4) is 0 Å². The third-order valence-electron chi connectivity index (χ3n) is 5.44. The summed E-state index contributed by atoms with van der Waals surface area (Å²) in [4.78, 5) is 30.7. The Balaban J connectivity index is 1.48. The van der Waals surface area contributed by atoms with Gasteiger partial charge in [-0.2, -0.15) is 5.10 Å². The van der Waals surface area contributed by atoms with Crippen LogP contribution in [-0.4, -0.2) is 38.5 Å². The van der Waals surface area contributed by atoms with Gasteiger partial charge in [-0.1, -0.05) is 0 Å². The van der Waals surface area contributed by atoms with E-state index in [0.29, 0.717) is 18.3 Å². The van der Waals surface area contributed by atoms with Gasteiger partial charge in [0.15, 0.2) is 5.82 Å². The zero-order valence-electron chi connectivity index (χ0n) is 15.7. The van der Waals surface area contributed by atoms with Crippen molar-refractivity contribution in [3.05, 3.63) is 45.2 Å². The Morgan fingerprint density at radius 1 is 1.19 bits per heavy atom. The second-order valence-corrected chi connectivity index (χ2v) is 7.55. The fourth-order valence-electron chi connectivity index (χ4n) is 3.66. The SMILES string of the molecule is Cn1nc(N2CCCCC2CNc2nccn(CC3CC3)c2=O)ccc1=O. The van der Waals surface area contributed by atoms with Crippen molar-refractivity contribution < 1.29 is 0 Å². The first-order valence-corrected chi connectivity index (χ1v) is 9.72. The number of anilines is 2. The van der Waals surface area contributed by atoms with E-state index in [1.807, 2.05) is 0 Å². The minimum atomic E-state index is -0.116. The molecule has 27 heavy (non-hydrogen) atoms. The molecule has 0 radical (unpaired) electrons. The third kappa shape index (κ3) is 4.04. The standard InChI is InChI=1S/C19H26N6O2/c1-23-17(26)8-7-16(22-23)25-10-3-2-4-15(25)12-21-18-19(27)24(11-9-20-18)13-14-5-6-14/h7-9,11,14-15H,2-6,10,12-13H2,1H3,(H,20,21). The fraction of sp³-hybridized carbons (Fsp3) is 0.579. The number of nitrogens with one attached hydrogen (secondary N) is 1. The molecule has 1 atom stereocenters. The lowest BCUT2D eigenvalue weighted by Crippen LogP contribution is -2.45. The molecular formula is C19H26N6O2. The molecule has 0 bridgehead atoms. The zero-order valence-corrected chi connectivity index (χ0v) is 15.7. The molecule has 1 saturated carbocycles. The lowest BCUT2D eigenvalue weighted by molar-refractivity contribution is 0.464. The van der Waals surface area contributed by atoms with Gasteiger partial charge in [0.1, 0.15) is 5.82 Å². The summed E-state index contributed by atoms with van der Waals surface area (Å²) >= 11 is 0. The highest BCUT2D eigenvalue weighted by Gasteiger charge is 2.25. The Hall–Kier alpha value is -2.64. The number of hydrogen-bond acceptors (Lipinski definition) is 6. The molecule has 1 N–H and O–H groups in total. The van der Waals surface area contributed by atoms with Crippen molar-refractivity contribution in [1.82, 2.24) is 19.3 Å². The average molecular weight is 370 g/mol. The van der Waals surface area contributed by atoms with Gasteiger partial charge in [-0.25, -0.2) is 9.67 Å².